The lowest BCUT2D eigenvalue weighted by Gasteiger charge is -1.92. The van der Waals surface area contributed by atoms with Gasteiger partial charge in [-0.3, -0.25) is 0 Å². The molecule has 4 heteroatoms. The minimum Gasteiger partial charge on any atom is -0.468 e. The molecule has 0 bridgehead atoms. The van der Waals surface area contributed by atoms with Crippen molar-refractivity contribution in [2.24, 2.45) is 0 Å². The highest BCUT2D eigenvalue weighted by Gasteiger charge is 2.02. The Hall–Kier alpha value is -0.740. The Kier molecular flexibility index (Phi) is 3.26. The summed E-state index contributed by atoms with van der Waals surface area (Å²) < 4.78 is 6.51. The van der Waals surface area contributed by atoms with Crippen molar-refractivity contribution < 1.29 is 4.42 Å². The molecule has 0 unspecified atom stereocenters. The second kappa shape index (κ2) is 4.66. The van der Waals surface area contributed by atoms with Crippen LogP contribution in [-0.2, 0) is 12.2 Å². The van der Waals surface area contributed by atoms with E-state index in [0.29, 0.717) is 0 Å². The van der Waals surface area contributed by atoms with Gasteiger partial charge in [0.05, 0.1) is 12.0 Å². The normalized spacial score (nSPS) is 10.6. The Bertz CT molecular complexity index is 380. The summed E-state index contributed by atoms with van der Waals surface area (Å²) in [4.78, 5) is 4.20. The molecule has 0 radical (unpaired) electrons. The zero-order valence-electron chi connectivity index (χ0n) is 7.90. The van der Waals surface area contributed by atoms with E-state index in [9.17, 15) is 0 Å². The lowest BCUT2D eigenvalue weighted by Crippen LogP contribution is -1.75. The van der Waals surface area contributed by atoms with Gasteiger partial charge in [-0.05, 0) is 18.1 Å². The van der Waals surface area contributed by atoms with Crippen molar-refractivity contribution >= 4 is 23.1 Å². The van der Waals surface area contributed by atoms with E-state index >= 15 is 0 Å². The van der Waals surface area contributed by atoms with Crippen molar-refractivity contribution in [3.05, 3.63) is 35.2 Å². The molecule has 2 aromatic rings. The highest BCUT2D eigenvalue weighted by molar-refractivity contribution is 8.00. The average Bonchev–Trinajstić information content (AvgIpc) is 2.86. The number of hydrogen-bond acceptors (Lipinski definition) is 4. The van der Waals surface area contributed by atoms with Gasteiger partial charge in [-0.2, -0.15) is 0 Å². The van der Waals surface area contributed by atoms with E-state index in [2.05, 4.69) is 18.0 Å². The van der Waals surface area contributed by atoms with E-state index in [-0.39, 0.29) is 0 Å². The molecule has 0 aliphatic carbocycles. The fourth-order valence-electron chi connectivity index (χ4n) is 1.10. The first-order chi connectivity index (χ1) is 6.88. The molecule has 0 fully saturated rings. The quantitative estimate of drug-likeness (QED) is 0.744. The van der Waals surface area contributed by atoms with Crippen LogP contribution in [0.15, 0.2) is 32.7 Å². The van der Waals surface area contributed by atoms with Gasteiger partial charge in [0.1, 0.15) is 10.1 Å². The van der Waals surface area contributed by atoms with Crippen molar-refractivity contribution in [1.29, 1.82) is 0 Å². The van der Waals surface area contributed by atoms with Crippen molar-refractivity contribution in [3.63, 3.8) is 0 Å². The number of aryl methyl sites for hydroxylation is 1. The summed E-state index contributed by atoms with van der Waals surface area (Å²) in [5, 5.41) is 1.99. The number of thiazole rings is 1. The van der Waals surface area contributed by atoms with Gasteiger partial charge in [0.25, 0.3) is 0 Å². The van der Waals surface area contributed by atoms with Gasteiger partial charge in [-0.25, -0.2) is 4.98 Å². The minimum atomic E-state index is 0.869. The molecule has 14 heavy (non-hydrogen) atoms. The third kappa shape index (κ3) is 2.39. The molecule has 0 aliphatic heterocycles. The smallest absolute Gasteiger partial charge is 0.150 e. The van der Waals surface area contributed by atoms with E-state index in [4.69, 9.17) is 4.42 Å². The van der Waals surface area contributed by atoms with Gasteiger partial charge < -0.3 is 4.42 Å². The minimum absolute atomic E-state index is 0.869. The second-order valence-electron chi connectivity index (χ2n) is 2.86. The summed E-state index contributed by atoms with van der Waals surface area (Å²) in [5.41, 5.74) is 1.26. The van der Waals surface area contributed by atoms with Crippen LogP contribution >= 0.6 is 23.1 Å². The number of furan rings is 1. The van der Waals surface area contributed by atoms with E-state index in [1.807, 2.05) is 17.8 Å². The number of thioether (sulfide) groups is 1. The lowest BCUT2D eigenvalue weighted by molar-refractivity contribution is 0.528. The van der Waals surface area contributed by atoms with Crippen LogP contribution in [0.25, 0.3) is 0 Å². The maximum Gasteiger partial charge on any atom is 0.150 e. The van der Waals surface area contributed by atoms with E-state index in [0.717, 1.165) is 22.3 Å². The van der Waals surface area contributed by atoms with Crippen molar-refractivity contribution in [2.75, 3.05) is 0 Å². The van der Waals surface area contributed by atoms with Gasteiger partial charge in [0.15, 0.2) is 0 Å². The third-order valence-electron chi connectivity index (χ3n) is 1.86. The topological polar surface area (TPSA) is 26.0 Å². The average molecular weight is 225 g/mol. The predicted octanol–water partition coefficient (Wildman–Crippen LogP) is 3.59. The fraction of sp³-hybridized carbons (Fsp3) is 0.300. The summed E-state index contributed by atoms with van der Waals surface area (Å²) in [6, 6.07) is 2.11. The Morgan fingerprint density at radius 1 is 1.57 bits per heavy atom. The van der Waals surface area contributed by atoms with Crippen LogP contribution in [0.2, 0.25) is 0 Å². The molecule has 2 aromatic heterocycles. The molecule has 0 saturated carbocycles. The van der Waals surface area contributed by atoms with E-state index in [1.54, 1.807) is 23.1 Å². The Morgan fingerprint density at radius 3 is 3.14 bits per heavy atom. The van der Waals surface area contributed by atoms with Crippen molar-refractivity contribution in [3.8, 4) is 0 Å². The molecule has 0 spiro atoms. The zero-order chi connectivity index (χ0) is 9.80. The molecule has 74 valence electrons. The Morgan fingerprint density at radius 2 is 2.50 bits per heavy atom. The standard InChI is InChI=1S/C10H11NOS2/c1-2-8-5-9(12-6-8)7-14-10-11-3-4-13-10/h3-6H,2,7H2,1H3. The van der Waals surface area contributed by atoms with Gasteiger partial charge in [-0.1, -0.05) is 18.7 Å². The molecule has 0 aliphatic rings. The van der Waals surface area contributed by atoms with Crippen molar-refractivity contribution in [2.45, 2.75) is 23.4 Å². The molecule has 2 heterocycles. The van der Waals surface area contributed by atoms with Crippen LogP contribution in [-0.4, -0.2) is 4.98 Å². The Labute approximate surface area is 91.4 Å². The van der Waals surface area contributed by atoms with Gasteiger partial charge in [0, 0.05) is 11.6 Å². The first-order valence-electron chi connectivity index (χ1n) is 4.47. The SMILES string of the molecule is CCc1coc(CSc2nccs2)c1. The van der Waals surface area contributed by atoms with Crippen LogP contribution in [0.5, 0.6) is 0 Å². The first-order valence-corrected chi connectivity index (χ1v) is 6.33. The molecule has 0 aromatic carbocycles. The highest BCUT2D eigenvalue weighted by Crippen LogP contribution is 2.25. The molecule has 0 N–H and O–H groups in total. The first kappa shape index (κ1) is 9.80. The zero-order valence-corrected chi connectivity index (χ0v) is 9.53. The van der Waals surface area contributed by atoms with Crippen LogP contribution in [0.1, 0.15) is 18.2 Å². The maximum absolute atomic E-state index is 5.41. The van der Waals surface area contributed by atoms with E-state index in [1.165, 1.54) is 5.56 Å². The number of rotatable bonds is 4. The molecule has 2 rings (SSSR count). The number of nitrogens with zero attached hydrogens (tertiary/aromatic N) is 1. The van der Waals surface area contributed by atoms with Crippen LogP contribution in [0.3, 0.4) is 0 Å². The monoisotopic (exact) mass is 225 g/mol. The number of aromatic nitrogens is 1. The highest BCUT2D eigenvalue weighted by atomic mass is 32.2. The summed E-state index contributed by atoms with van der Waals surface area (Å²) in [7, 11) is 0. The summed E-state index contributed by atoms with van der Waals surface area (Å²) in [6.45, 7) is 2.13. The number of hydrogen-bond donors (Lipinski definition) is 0. The maximum atomic E-state index is 5.41. The summed E-state index contributed by atoms with van der Waals surface area (Å²) in [6.07, 6.45) is 4.69. The van der Waals surface area contributed by atoms with Crippen LogP contribution < -0.4 is 0 Å². The van der Waals surface area contributed by atoms with Crippen LogP contribution in [0.4, 0.5) is 0 Å². The molecule has 0 atom stereocenters. The largest absolute Gasteiger partial charge is 0.468 e. The molecule has 2 nitrogen and oxygen atoms in total. The Balaban J connectivity index is 1.92. The molecule has 0 amide bonds. The second-order valence-corrected chi connectivity index (χ2v) is 4.98. The molecular weight excluding hydrogens is 214 g/mol. The van der Waals surface area contributed by atoms with Gasteiger partial charge in [-0.15, -0.1) is 11.3 Å². The van der Waals surface area contributed by atoms with Gasteiger partial charge in [0.2, 0.25) is 0 Å². The fourth-order valence-corrected chi connectivity index (χ4v) is 2.63. The molecule has 0 saturated heterocycles. The van der Waals surface area contributed by atoms with Crippen molar-refractivity contribution in [1.82, 2.24) is 4.98 Å². The third-order valence-corrected chi connectivity index (χ3v) is 3.85. The predicted molar refractivity (Wildman–Crippen MR) is 59.8 cm³/mol. The summed E-state index contributed by atoms with van der Waals surface area (Å²) >= 11 is 3.38. The van der Waals surface area contributed by atoms with Gasteiger partial charge >= 0.3 is 0 Å². The lowest BCUT2D eigenvalue weighted by atomic mass is 10.2. The van der Waals surface area contributed by atoms with E-state index < -0.39 is 0 Å². The van der Waals surface area contributed by atoms with Crippen LogP contribution in [0, 0.1) is 0 Å². The molecular formula is C10H11NOS2. The summed E-state index contributed by atoms with van der Waals surface area (Å²) in [5.74, 6) is 1.90.